The summed E-state index contributed by atoms with van der Waals surface area (Å²) in [5.74, 6) is 1.01. The molecular formula is C21H21F3N8O. The molecule has 0 saturated carbocycles. The van der Waals surface area contributed by atoms with Crippen LogP contribution in [-0.2, 0) is 13.2 Å². The van der Waals surface area contributed by atoms with Crippen molar-refractivity contribution in [1.82, 2.24) is 34.5 Å². The summed E-state index contributed by atoms with van der Waals surface area (Å²) in [4.78, 5) is 2.22. The van der Waals surface area contributed by atoms with Crippen LogP contribution in [0, 0.1) is 0 Å². The Kier molecular flexibility index (Phi) is 5.16. The number of rotatable bonds is 5. The lowest BCUT2D eigenvalue weighted by molar-refractivity contribution is -0.137. The van der Waals surface area contributed by atoms with E-state index in [9.17, 15) is 13.2 Å². The monoisotopic (exact) mass is 458 g/mol. The molecule has 0 aliphatic carbocycles. The number of hydrogen-bond acceptors (Lipinski definition) is 7. The molecule has 0 amide bonds. The average molecular weight is 458 g/mol. The Morgan fingerprint density at radius 1 is 1.12 bits per heavy atom. The average Bonchev–Trinajstić information content (AvgIpc) is 3.45. The number of nitrogens with zero attached hydrogens (tertiary/aromatic N) is 7. The van der Waals surface area contributed by atoms with Gasteiger partial charge in [-0.1, -0.05) is 0 Å². The van der Waals surface area contributed by atoms with Gasteiger partial charge in [0.05, 0.1) is 23.5 Å². The molecule has 1 saturated heterocycles. The van der Waals surface area contributed by atoms with Gasteiger partial charge in [-0.15, -0.1) is 5.10 Å². The van der Waals surface area contributed by atoms with E-state index in [0.29, 0.717) is 17.8 Å². The fourth-order valence-corrected chi connectivity index (χ4v) is 3.92. The van der Waals surface area contributed by atoms with Crippen molar-refractivity contribution in [3.63, 3.8) is 0 Å². The quantitative estimate of drug-likeness (QED) is 0.491. The van der Waals surface area contributed by atoms with E-state index in [-0.39, 0.29) is 11.9 Å². The molecule has 12 heteroatoms. The van der Waals surface area contributed by atoms with Crippen molar-refractivity contribution in [2.24, 2.45) is 7.05 Å². The highest BCUT2D eigenvalue weighted by atomic mass is 19.4. The fraction of sp³-hybridized carbons (Fsp3) is 0.333. The molecular weight excluding hydrogens is 437 g/mol. The summed E-state index contributed by atoms with van der Waals surface area (Å²) >= 11 is 0. The highest BCUT2D eigenvalue weighted by Crippen LogP contribution is 2.33. The number of likely N-dealkylation sites (tertiary alicyclic amines) is 1. The minimum Gasteiger partial charge on any atom is -0.485 e. The van der Waals surface area contributed by atoms with Crippen LogP contribution in [0.5, 0.6) is 5.75 Å². The minimum absolute atomic E-state index is 0.0442. The Morgan fingerprint density at radius 3 is 2.73 bits per heavy atom. The maximum Gasteiger partial charge on any atom is 0.418 e. The van der Waals surface area contributed by atoms with Crippen molar-refractivity contribution in [3.8, 4) is 17.0 Å². The summed E-state index contributed by atoms with van der Waals surface area (Å²) in [6.07, 6.45) is 0.734. The van der Waals surface area contributed by atoms with Gasteiger partial charge in [-0.25, -0.2) is 4.52 Å². The lowest BCUT2D eigenvalue weighted by Gasteiger charge is -2.14. The van der Waals surface area contributed by atoms with Crippen LogP contribution in [0.4, 0.5) is 24.8 Å². The summed E-state index contributed by atoms with van der Waals surface area (Å²) < 4.78 is 48.4. The van der Waals surface area contributed by atoms with Crippen molar-refractivity contribution in [2.45, 2.75) is 18.7 Å². The Labute approximate surface area is 186 Å². The van der Waals surface area contributed by atoms with Gasteiger partial charge in [0.2, 0.25) is 0 Å². The second-order valence-electron chi connectivity index (χ2n) is 8.04. The molecule has 0 radical (unpaired) electrons. The van der Waals surface area contributed by atoms with E-state index in [1.165, 1.54) is 0 Å². The number of aromatic nitrogens is 6. The van der Waals surface area contributed by atoms with Gasteiger partial charge in [0, 0.05) is 38.0 Å². The second-order valence-corrected chi connectivity index (χ2v) is 8.04. The molecule has 0 unspecified atom stereocenters. The summed E-state index contributed by atoms with van der Waals surface area (Å²) in [6, 6.07) is 6.41. The van der Waals surface area contributed by atoms with Gasteiger partial charge in [0.25, 0.3) is 0 Å². The molecule has 0 aromatic carbocycles. The maximum atomic E-state index is 12.9. The number of hydrogen-bond donors (Lipinski definition) is 1. The largest absolute Gasteiger partial charge is 0.485 e. The van der Waals surface area contributed by atoms with Gasteiger partial charge in [0.1, 0.15) is 11.8 Å². The molecule has 4 aromatic rings. The van der Waals surface area contributed by atoms with E-state index >= 15 is 0 Å². The van der Waals surface area contributed by atoms with Crippen LogP contribution in [0.15, 0.2) is 42.9 Å². The van der Waals surface area contributed by atoms with Crippen LogP contribution in [0.2, 0.25) is 0 Å². The first-order chi connectivity index (χ1) is 15.8. The van der Waals surface area contributed by atoms with Gasteiger partial charge in [-0.3, -0.25) is 4.68 Å². The molecule has 5 rings (SSSR count). The maximum absolute atomic E-state index is 12.9. The highest BCUT2D eigenvalue weighted by Gasteiger charge is 2.31. The lowest BCUT2D eigenvalue weighted by Crippen LogP contribution is -2.21. The number of pyridine rings is 1. The number of likely N-dealkylation sites (N-methyl/N-ethyl adjacent to an activating group) is 1. The van der Waals surface area contributed by atoms with E-state index in [1.54, 1.807) is 27.7 Å². The number of nitrogens with one attached hydrogen (secondary N) is 1. The van der Waals surface area contributed by atoms with E-state index in [1.807, 2.05) is 19.2 Å². The number of aryl methyl sites for hydroxylation is 1. The fourth-order valence-electron chi connectivity index (χ4n) is 3.92. The molecule has 1 aliphatic heterocycles. The van der Waals surface area contributed by atoms with E-state index in [0.717, 1.165) is 42.4 Å². The zero-order valence-electron chi connectivity index (χ0n) is 17.9. The van der Waals surface area contributed by atoms with E-state index in [2.05, 4.69) is 37.7 Å². The third-order valence-electron chi connectivity index (χ3n) is 5.52. The number of ether oxygens (including phenoxy) is 1. The van der Waals surface area contributed by atoms with Crippen LogP contribution >= 0.6 is 0 Å². The zero-order chi connectivity index (χ0) is 23.2. The molecule has 172 valence electrons. The summed E-state index contributed by atoms with van der Waals surface area (Å²) in [5, 5.41) is 18.6. The Morgan fingerprint density at radius 2 is 1.97 bits per heavy atom. The first kappa shape index (κ1) is 21.2. The normalized spacial score (nSPS) is 17.1. The summed E-state index contributed by atoms with van der Waals surface area (Å²) in [6.45, 7) is 1.86. The predicted octanol–water partition coefficient (Wildman–Crippen LogP) is 3.37. The standard InChI is InChI=1S/C21H21F3N8O/c1-30-5-4-16(12-30)33-17-11-26-31(2)20(17)13-3-6-32-15(7-13)9-19(29-32)27-18-8-14(10-25-28-18)21(22,23)24/h3,6-11,16H,4-5,12H2,1-2H3,(H,27,28,29)/t16-/m0/s1. The number of alkyl halides is 3. The van der Waals surface area contributed by atoms with Gasteiger partial charge in [-0.2, -0.15) is 28.5 Å². The molecule has 9 nitrogen and oxygen atoms in total. The van der Waals surface area contributed by atoms with Crippen molar-refractivity contribution < 1.29 is 17.9 Å². The molecule has 0 spiro atoms. The smallest absolute Gasteiger partial charge is 0.418 e. The topological polar surface area (TPSA) is 85.4 Å². The van der Waals surface area contributed by atoms with Gasteiger partial charge in [0.15, 0.2) is 17.4 Å². The highest BCUT2D eigenvalue weighted by molar-refractivity contribution is 5.72. The summed E-state index contributed by atoms with van der Waals surface area (Å²) in [7, 11) is 3.92. The molecule has 33 heavy (non-hydrogen) atoms. The van der Waals surface area contributed by atoms with Gasteiger partial charge in [-0.05, 0) is 31.7 Å². The Hall–Kier alpha value is -3.67. The number of anilines is 2. The first-order valence-electron chi connectivity index (χ1n) is 10.3. The van der Waals surface area contributed by atoms with Crippen LogP contribution in [0.1, 0.15) is 12.0 Å². The van der Waals surface area contributed by atoms with E-state index in [4.69, 9.17) is 4.74 Å². The second kappa shape index (κ2) is 8.03. The van der Waals surface area contributed by atoms with Crippen LogP contribution in [0.25, 0.3) is 16.8 Å². The van der Waals surface area contributed by atoms with Crippen LogP contribution in [-0.4, -0.2) is 60.7 Å². The van der Waals surface area contributed by atoms with Crippen molar-refractivity contribution in [1.29, 1.82) is 0 Å². The molecule has 1 atom stereocenters. The van der Waals surface area contributed by atoms with Crippen molar-refractivity contribution in [3.05, 3.63) is 48.4 Å². The first-order valence-corrected chi connectivity index (χ1v) is 10.3. The molecule has 1 N–H and O–H groups in total. The molecule has 0 bridgehead atoms. The van der Waals surface area contributed by atoms with Crippen LogP contribution < -0.4 is 10.1 Å². The van der Waals surface area contributed by atoms with Gasteiger partial charge < -0.3 is 15.0 Å². The third-order valence-corrected chi connectivity index (χ3v) is 5.52. The third kappa shape index (κ3) is 4.33. The molecule has 4 aromatic heterocycles. The lowest BCUT2D eigenvalue weighted by atomic mass is 10.1. The van der Waals surface area contributed by atoms with Crippen molar-refractivity contribution in [2.75, 3.05) is 25.5 Å². The predicted molar refractivity (Wildman–Crippen MR) is 114 cm³/mol. The van der Waals surface area contributed by atoms with Crippen LogP contribution in [0.3, 0.4) is 0 Å². The Bertz CT molecular complexity index is 1300. The van der Waals surface area contributed by atoms with Gasteiger partial charge >= 0.3 is 6.18 Å². The number of halogens is 3. The summed E-state index contributed by atoms with van der Waals surface area (Å²) in [5.41, 5.74) is 1.58. The van der Waals surface area contributed by atoms with Crippen molar-refractivity contribution >= 4 is 17.2 Å². The zero-order valence-corrected chi connectivity index (χ0v) is 17.9. The Balaban J connectivity index is 1.41. The SMILES string of the molecule is CN1CC[C@H](Oc2cnn(C)c2-c2ccn3nc(Nc4cc(C(F)(F)F)cnn4)cc3c2)C1. The molecule has 1 aliphatic rings. The number of fused-ring (bicyclic) bond motifs is 1. The molecule has 5 heterocycles. The van der Waals surface area contributed by atoms with E-state index < -0.39 is 11.7 Å². The minimum atomic E-state index is -4.50. The molecule has 1 fully saturated rings.